The summed E-state index contributed by atoms with van der Waals surface area (Å²) in [6, 6.07) is 10.1. The van der Waals surface area contributed by atoms with Crippen LogP contribution in [-0.4, -0.2) is 34.9 Å². The molecule has 0 atom stereocenters. The van der Waals surface area contributed by atoms with Gasteiger partial charge in [-0.2, -0.15) is 10.2 Å². The predicted octanol–water partition coefficient (Wildman–Crippen LogP) is 3.61. The zero-order valence-corrected chi connectivity index (χ0v) is 18.9. The van der Waals surface area contributed by atoms with Crippen LogP contribution in [-0.2, 0) is 13.5 Å². The topological polar surface area (TPSA) is 88.1 Å². The molecule has 164 valence electrons. The van der Waals surface area contributed by atoms with Crippen molar-refractivity contribution < 1.29 is 0 Å². The molecule has 0 unspecified atom stereocenters. The summed E-state index contributed by atoms with van der Waals surface area (Å²) in [5.41, 5.74) is 8.06. The molecule has 7 nitrogen and oxygen atoms in total. The zero-order valence-electron chi connectivity index (χ0n) is 18.9. The smallest absolute Gasteiger partial charge is 0.159 e. The molecule has 4 aromatic heterocycles. The Balaban J connectivity index is 1.54. The van der Waals surface area contributed by atoms with Crippen LogP contribution in [0.15, 0.2) is 55.0 Å². The Kier molecular flexibility index (Phi) is 5.22. The highest BCUT2D eigenvalue weighted by atomic mass is 15.2. The number of hydrogen-bond acceptors (Lipinski definition) is 4. The highest BCUT2D eigenvalue weighted by Gasteiger charge is 2.13. The maximum absolute atomic E-state index is 4.86. The first-order valence-electron chi connectivity index (χ1n) is 10.9. The number of hydrogen-bond donors (Lipinski definition) is 2. The average Bonchev–Trinajstić information content (AvgIpc) is 3.53. The van der Waals surface area contributed by atoms with Gasteiger partial charge in [0.05, 0.1) is 22.1 Å². The van der Waals surface area contributed by atoms with E-state index in [-0.39, 0.29) is 0 Å². The molecule has 0 amide bonds. The fourth-order valence-electron chi connectivity index (χ4n) is 4.04. The lowest BCUT2D eigenvalue weighted by molar-refractivity contribution is 0.746. The van der Waals surface area contributed by atoms with Crippen LogP contribution < -0.4 is 10.6 Å². The minimum absolute atomic E-state index is 0.689. The fourth-order valence-corrected chi connectivity index (χ4v) is 4.04. The molecule has 0 bridgehead atoms. The molecule has 0 radical (unpaired) electrons. The second-order valence-corrected chi connectivity index (χ2v) is 8.02. The van der Waals surface area contributed by atoms with Gasteiger partial charge >= 0.3 is 0 Å². The number of aryl methyl sites for hydroxylation is 2. The van der Waals surface area contributed by atoms with Crippen LogP contribution in [0.1, 0.15) is 25.1 Å². The molecule has 0 aliphatic carbocycles. The molecule has 5 rings (SSSR count). The van der Waals surface area contributed by atoms with E-state index in [0.29, 0.717) is 11.5 Å². The quantitative estimate of drug-likeness (QED) is 0.441. The predicted molar refractivity (Wildman–Crippen MR) is 132 cm³/mol. The Hall–Kier alpha value is -4.26. The average molecular weight is 436 g/mol. The molecule has 7 heteroatoms. The van der Waals surface area contributed by atoms with Gasteiger partial charge in [-0.1, -0.05) is 31.7 Å². The Morgan fingerprint density at radius 1 is 1.18 bits per heavy atom. The molecule has 0 saturated carbocycles. The van der Waals surface area contributed by atoms with Gasteiger partial charge in [0.2, 0.25) is 0 Å². The maximum Gasteiger partial charge on any atom is 0.159 e. The van der Waals surface area contributed by atoms with E-state index in [4.69, 9.17) is 4.98 Å². The molecular weight excluding hydrogens is 410 g/mol. The SMILES string of the molecule is C=c1c(-c2nc3c(-c4ccncc4)cccc3[nH]2)n[nH]/c1=C/C=C(\C)c1cn(C)nc1CC. The van der Waals surface area contributed by atoms with Crippen LogP contribution in [0.5, 0.6) is 0 Å². The van der Waals surface area contributed by atoms with Crippen LogP contribution in [0.25, 0.3) is 51.9 Å². The van der Waals surface area contributed by atoms with Crippen molar-refractivity contribution in [3.8, 4) is 22.6 Å². The van der Waals surface area contributed by atoms with Gasteiger partial charge in [-0.25, -0.2) is 4.98 Å². The van der Waals surface area contributed by atoms with Gasteiger partial charge in [-0.3, -0.25) is 14.8 Å². The molecule has 0 aliphatic rings. The summed E-state index contributed by atoms with van der Waals surface area (Å²) in [4.78, 5) is 12.4. The van der Waals surface area contributed by atoms with E-state index < -0.39 is 0 Å². The van der Waals surface area contributed by atoms with Crippen molar-refractivity contribution in [3.05, 3.63) is 76.8 Å². The van der Waals surface area contributed by atoms with E-state index in [1.807, 2.05) is 42.1 Å². The summed E-state index contributed by atoms with van der Waals surface area (Å²) in [5.74, 6) is 0.689. The van der Waals surface area contributed by atoms with Crippen molar-refractivity contribution in [3.63, 3.8) is 0 Å². The molecule has 0 spiro atoms. The number of aromatic nitrogens is 7. The van der Waals surface area contributed by atoms with Crippen molar-refractivity contribution in [2.75, 3.05) is 0 Å². The molecule has 0 aliphatic heterocycles. The van der Waals surface area contributed by atoms with Crippen LogP contribution in [0, 0.1) is 0 Å². The van der Waals surface area contributed by atoms with Gasteiger partial charge in [0.1, 0.15) is 5.69 Å². The fraction of sp³-hybridized carbons (Fsp3) is 0.154. The molecule has 5 aromatic rings. The molecule has 33 heavy (non-hydrogen) atoms. The number of pyridine rings is 1. The van der Waals surface area contributed by atoms with Crippen LogP contribution in [0.4, 0.5) is 0 Å². The van der Waals surface area contributed by atoms with Gasteiger partial charge in [-0.15, -0.1) is 0 Å². The highest BCUT2D eigenvalue weighted by molar-refractivity contribution is 5.93. The maximum atomic E-state index is 4.86. The third-order valence-corrected chi connectivity index (χ3v) is 5.79. The van der Waals surface area contributed by atoms with Gasteiger partial charge < -0.3 is 4.98 Å². The largest absolute Gasteiger partial charge is 0.337 e. The highest BCUT2D eigenvalue weighted by Crippen LogP contribution is 2.28. The third-order valence-electron chi connectivity index (χ3n) is 5.79. The lowest BCUT2D eigenvalue weighted by Crippen LogP contribution is -2.21. The molecule has 2 N–H and O–H groups in total. The lowest BCUT2D eigenvalue weighted by atomic mass is 10.1. The van der Waals surface area contributed by atoms with E-state index >= 15 is 0 Å². The van der Waals surface area contributed by atoms with Crippen molar-refractivity contribution in [1.82, 2.24) is 34.9 Å². The van der Waals surface area contributed by atoms with Crippen molar-refractivity contribution in [2.45, 2.75) is 20.3 Å². The van der Waals surface area contributed by atoms with Gasteiger partial charge in [0, 0.05) is 42.0 Å². The first-order chi connectivity index (χ1) is 16.0. The Bertz CT molecular complexity index is 1580. The Labute approximate surface area is 191 Å². The van der Waals surface area contributed by atoms with Crippen LogP contribution in [0.3, 0.4) is 0 Å². The summed E-state index contributed by atoms with van der Waals surface area (Å²) in [6.45, 7) is 8.46. The minimum atomic E-state index is 0.689. The Morgan fingerprint density at radius 2 is 2.00 bits per heavy atom. The summed E-state index contributed by atoms with van der Waals surface area (Å²) in [7, 11) is 1.95. The number of imidazole rings is 1. The number of benzene rings is 1. The lowest BCUT2D eigenvalue weighted by Gasteiger charge is -2.01. The molecular formula is C26H25N7. The van der Waals surface area contributed by atoms with Crippen LogP contribution >= 0.6 is 0 Å². The number of nitrogens with zero attached hydrogens (tertiary/aromatic N) is 5. The normalized spacial score (nSPS) is 12.7. The van der Waals surface area contributed by atoms with Crippen molar-refractivity contribution in [2.24, 2.45) is 7.05 Å². The summed E-state index contributed by atoms with van der Waals surface area (Å²) >= 11 is 0. The summed E-state index contributed by atoms with van der Waals surface area (Å²) in [5, 5.41) is 13.8. The standard InChI is InChI=1S/C26H25N7/c1-5-21-20(15-33(4)32-21)16(2)9-10-22-17(3)24(31-30-22)26-28-23-8-6-7-19(25(23)29-26)18-11-13-27-14-12-18/h6-15,30H,3,5H2,1-2,4H3,(H,28,29)/b16-9+,22-10+. The molecule has 4 heterocycles. The van der Waals surface area contributed by atoms with E-state index in [1.54, 1.807) is 12.4 Å². The van der Waals surface area contributed by atoms with Gasteiger partial charge in [0.25, 0.3) is 0 Å². The number of H-pyrrole nitrogens is 2. The van der Waals surface area contributed by atoms with E-state index in [0.717, 1.165) is 56.0 Å². The summed E-state index contributed by atoms with van der Waals surface area (Å²) in [6.07, 6.45) is 10.6. The number of fused-ring (bicyclic) bond motifs is 1. The van der Waals surface area contributed by atoms with Crippen molar-refractivity contribution >= 4 is 29.3 Å². The minimum Gasteiger partial charge on any atom is -0.337 e. The Morgan fingerprint density at radius 3 is 2.79 bits per heavy atom. The zero-order chi connectivity index (χ0) is 22.9. The number of para-hydroxylation sites is 1. The van der Waals surface area contributed by atoms with E-state index in [2.05, 4.69) is 64.0 Å². The summed E-state index contributed by atoms with van der Waals surface area (Å²) < 4.78 is 1.86. The number of aromatic amines is 2. The third kappa shape index (κ3) is 3.78. The van der Waals surface area contributed by atoms with Gasteiger partial charge in [0.15, 0.2) is 5.82 Å². The van der Waals surface area contributed by atoms with E-state index in [9.17, 15) is 0 Å². The van der Waals surface area contributed by atoms with Crippen molar-refractivity contribution in [1.29, 1.82) is 0 Å². The van der Waals surface area contributed by atoms with Crippen LogP contribution in [0.2, 0.25) is 0 Å². The molecule has 1 aromatic carbocycles. The number of allylic oxidation sites excluding steroid dienone is 2. The number of nitrogens with one attached hydrogen (secondary N) is 2. The van der Waals surface area contributed by atoms with E-state index in [1.165, 1.54) is 0 Å². The molecule has 0 saturated heterocycles. The number of rotatable bonds is 5. The second kappa shape index (κ2) is 8.35. The first kappa shape index (κ1) is 20.6. The molecule has 0 fully saturated rings. The van der Waals surface area contributed by atoms with Gasteiger partial charge in [-0.05, 0) is 48.8 Å². The second-order valence-electron chi connectivity index (χ2n) is 8.02. The monoisotopic (exact) mass is 435 g/mol. The first-order valence-corrected chi connectivity index (χ1v) is 10.9.